The molecule has 2 heterocycles. The van der Waals surface area contributed by atoms with Crippen molar-refractivity contribution in [3.8, 4) is 0 Å². The van der Waals surface area contributed by atoms with Gasteiger partial charge in [-0.2, -0.15) is 0 Å². The van der Waals surface area contributed by atoms with Crippen LogP contribution in [0.3, 0.4) is 0 Å². The summed E-state index contributed by atoms with van der Waals surface area (Å²) in [6.07, 6.45) is 13.6. The van der Waals surface area contributed by atoms with Crippen molar-refractivity contribution in [1.29, 1.82) is 0 Å². The van der Waals surface area contributed by atoms with Gasteiger partial charge in [0.2, 0.25) is 0 Å². The summed E-state index contributed by atoms with van der Waals surface area (Å²) < 4.78 is 11.2. The molecule has 0 bridgehead atoms. The second-order valence-electron chi connectivity index (χ2n) is 7.19. The molecule has 1 N–H and O–H groups in total. The Bertz CT molecular complexity index is 344. The van der Waals surface area contributed by atoms with Gasteiger partial charge in [-0.15, -0.1) is 0 Å². The van der Waals surface area contributed by atoms with E-state index in [9.17, 15) is 9.90 Å². The number of hydrogen-bond donors (Lipinski definition) is 1. The predicted molar refractivity (Wildman–Crippen MR) is 90.2 cm³/mol. The van der Waals surface area contributed by atoms with E-state index in [1.807, 2.05) is 0 Å². The van der Waals surface area contributed by atoms with Crippen molar-refractivity contribution in [3.05, 3.63) is 0 Å². The van der Waals surface area contributed by atoms with Gasteiger partial charge in [0.05, 0.1) is 18.3 Å². The topological polar surface area (TPSA) is 55.8 Å². The van der Waals surface area contributed by atoms with Crippen LogP contribution in [0.4, 0.5) is 0 Å². The number of carbonyl (C=O) groups excluding carboxylic acids is 1. The minimum absolute atomic E-state index is 0.000310. The van der Waals surface area contributed by atoms with E-state index in [1.54, 1.807) is 0 Å². The molecule has 0 aliphatic carbocycles. The fraction of sp³-hybridized carbons (Fsp3) is 0.947. The minimum atomic E-state index is -0.364. The van der Waals surface area contributed by atoms with Crippen LogP contribution in [0, 0.1) is 0 Å². The van der Waals surface area contributed by atoms with Crippen LogP contribution in [0.1, 0.15) is 90.4 Å². The summed E-state index contributed by atoms with van der Waals surface area (Å²) in [5.41, 5.74) is 0. The first-order valence-electron chi connectivity index (χ1n) is 9.73. The number of aliphatic hydroxyl groups is 1. The molecule has 2 rings (SSSR count). The number of unbranched alkanes of at least 4 members (excludes halogenated alkanes) is 7. The number of cyclic esters (lactones) is 1. The smallest absolute Gasteiger partial charge is 0.306 e. The first-order valence-corrected chi connectivity index (χ1v) is 9.73. The molecule has 2 aliphatic rings. The van der Waals surface area contributed by atoms with Crippen molar-refractivity contribution in [2.45, 2.75) is 115 Å². The molecule has 4 atom stereocenters. The average Bonchev–Trinajstić information content (AvgIpc) is 3.18. The van der Waals surface area contributed by atoms with E-state index in [-0.39, 0.29) is 30.4 Å². The number of esters is 1. The standard InChI is InChI=1S/C19H34O4/c1-2-3-4-5-6-7-8-9-10-15(20)16-11-12-17(22-16)18-13-14-19(21)23-18/h15-18,20H,2-14H2,1H3/t15-,16-,17-,18-/m0/s1. The van der Waals surface area contributed by atoms with E-state index in [2.05, 4.69) is 6.92 Å². The van der Waals surface area contributed by atoms with Gasteiger partial charge in [-0.3, -0.25) is 4.79 Å². The third-order valence-corrected chi connectivity index (χ3v) is 5.20. The average molecular weight is 326 g/mol. The van der Waals surface area contributed by atoms with Crippen LogP contribution in [0.15, 0.2) is 0 Å². The van der Waals surface area contributed by atoms with Crippen molar-refractivity contribution in [3.63, 3.8) is 0 Å². The van der Waals surface area contributed by atoms with Gasteiger partial charge in [-0.25, -0.2) is 0 Å². The molecule has 4 nitrogen and oxygen atoms in total. The van der Waals surface area contributed by atoms with Gasteiger partial charge in [0.1, 0.15) is 6.10 Å². The number of aliphatic hydroxyl groups excluding tert-OH is 1. The van der Waals surface area contributed by atoms with Crippen molar-refractivity contribution in [2.24, 2.45) is 0 Å². The number of hydrogen-bond acceptors (Lipinski definition) is 4. The maximum Gasteiger partial charge on any atom is 0.306 e. The van der Waals surface area contributed by atoms with E-state index in [0.717, 1.165) is 32.1 Å². The molecular weight excluding hydrogens is 292 g/mol. The Labute approximate surface area is 140 Å². The van der Waals surface area contributed by atoms with Crippen molar-refractivity contribution in [2.75, 3.05) is 0 Å². The quantitative estimate of drug-likeness (QED) is 0.458. The summed E-state index contributed by atoms with van der Waals surface area (Å²) in [5, 5.41) is 10.3. The van der Waals surface area contributed by atoms with Crippen LogP contribution >= 0.6 is 0 Å². The SMILES string of the molecule is CCCCCCCCCC[C@H](O)[C@@H]1CC[C@@H]([C@@H]2CCC(=O)O2)O1. The zero-order valence-electron chi connectivity index (χ0n) is 14.7. The molecule has 2 saturated heterocycles. The molecule has 2 aliphatic heterocycles. The minimum Gasteiger partial charge on any atom is -0.460 e. The highest BCUT2D eigenvalue weighted by atomic mass is 16.6. The Morgan fingerprint density at radius 2 is 1.70 bits per heavy atom. The number of ether oxygens (including phenoxy) is 2. The van der Waals surface area contributed by atoms with Crippen LogP contribution in [-0.4, -0.2) is 35.5 Å². The fourth-order valence-corrected chi connectivity index (χ4v) is 3.73. The summed E-state index contributed by atoms with van der Waals surface area (Å²) in [6, 6.07) is 0. The van der Waals surface area contributed by atoms with Crippen molar-refractivity contribution >= 4 is 5.97 Å². The molecule has 23 heavy (non-hydrogen) atoms. The zero-order chi connectivity index (χ0) is 16.5. The molecule has 0 unspecified atom stereocenters. The summed E-state index contributed by atoms with van der Waals surface area (Å²) in [6.45, 7) is 2.24. The summed E-state index contributed by atoms with van der Waals surface area (Å²) >= 11 is 0. The maximum atomic E-state index is 11.2. The van der Waals surface area contributed by atoms with Crippen LogP contribution < -0.4 is 0 Å². The van der Waals surface area contributed by atoms with Crippen molar-refractivity contribution in [1.82, 2.24) is 0 Å². The lowest BCUT2D eigenvalue weighted by Gasteiger charge is -2.21. The molecule has 0 aromatic rings. The van der Waals surface area contributed by atoms with E-state index >= 15 is 0 Å². The molecule has 0 radical (unpaired) electrons. The van der Waals surface area contributed by atoms with Gasteiger partial charge < -0.3 is 14.6 Å². The van der Waals surface area contributed by atoms with Crippen LogP contribution in [0.5, 0.6) is 0 Å². The first kappa shape index (κ1) is 18.7. The number of rotatable bonds is 11. The van der Waals surface area contributed by atoms with E-state index in [4.69, 9.17) is 9.47 Å². The van der Waals surface area contributed by atoms with Gasteiger partial charge in [0, 0.05) is 6.42 Å². The predicted octanol–water partition coefficient (Wildman–Crippen LogP) is 4.13. The highest BCUT2D eigenvalue weighted by molar-refractivity contribution is 5.71. The van der Waals surface area contributed by atoms with Crippen LogP contribution in [-0.2, 0) is 14.3 Å². The Hall–Kier alpha value is -0.610. The molecule has 0 aromatic carbocycles. The lowest BCUT2D eigenvalue weighted by molar-refractivity contribution is -0.148. The molecule has 0 saturated carbocycles. The van der Waals surface area contributed by atoms with E-state index in [1.165, 1.54) is 44.9 Å². The van der Waals surface area contributed by atoms with Gasteiger partial charge in [0.25, 0.3) is 0 Å². The Morgan fingerprint density at radius 1 is 1.00 bits per heavy atom. The zero-order valence-corrected chi connectivity index (χ0v) is 14.7. The van der Waals surface area contributed by atoms with Gasteiger partial charge >= 0.3 is 5.97 Å². The molecular formula is C19H34O4. The highest BCUT2D eigenvalue weighted by Crippen LogP contribution is 2.31. The largest absolute Gasteiger partial charge is 0.460 e. The molecule has 2 fully saturated rings. The summed E-state index contributed by atoms with van der Waals surface area (Å²) in [7, 11) is 0. The molecule has 0 spiro atoms. The third-order valence-electron chi connectivity index (χ3n) is 5.20. The lowest BCUT2D eigenvalue weighted by Crippen LogP contribution is -2.30. The fourth-order valence-electron chi connectivity index (χ4n) is 3.73. The maximum absolute atomic E-state index is 11.2. The lowest BCUT2D eigenvalue weighted by atomic mass is 10.0. The second kappa shape index (κ2) is 10.3. The normalized spacial score (nSPS) is 29.0. The summed E-state index contributed by atoms with van der Waals surface area (Å²) in [4.78, 5) is 11.2. The third kappa shape index (κ3) is 6.42. The molecule has 0 amide bonds. The second-order valence-corrected chi connectivity index (χ2v) is 7.19. The first-order chi connectivity index (χ1) is 11.2. The summed E-state index contributed by atoms with van der Waals surface area (Å²) in [5.74, 6) is -0.110. The number of carbonyl (C=O) groups is 1. The Kier molecular flexibility index (Phi) is 8.38. The van der Waals surface area contributed by atoms with Crippen LogP contribution in [0.25, 0.3) is 0 Å². The Morgan fingerprint density at radius 3 is 2.35 bits per heavy atom. The molecule has 4 heteroatoms. The van der Waals surface area contributed by atoms with Gasteiger partial charge in [-0.05, 0) is 25.7 Å². The van der Waals surface area contributed by atoms with Gasteiger partial charge in [0.15, 0.2) is 0 Å². The Balaban J connectivity index is 1.51. The highest BCUT2D eigenvalue weighted by Gasteiger charge is 2.39. The van der Waals surface area contributed by atoms with Crippen molar-refractivity contribution < 1.29 is 19.4 Å². The van der Waals surface area contributed by atoms with Crippen LogP contribution in [0.2, 0.25) is 0 Å². The van der Waals surface area contributed by atoms with E-state index in [0.29, 0.717) is 6.42 Å². The molecule has 134 valence electrons. The van der Waals surface area contributed by atoms with E-state index < -0.39 is 0 Å². The molecule has 0 aromatic heterocycles. The van der Waals surface area contributed by atoms with Gasteiger partial charge in [-0.1, -0.05) is 58.3 Å². The monoisotopic (exact) mass is 326 g/mol.